The van der Waals surface area contributed by atoms with Crippen LogP contribution in [0, 0.1) is 6.92 Å². The van der Waals surface area contributed by atoms with E-state index in [0.717, 1.165) is 29.5 Å². The zero-order valence-corrected chi connectivity index (χ0v) is 15.0. The molecule has 0 saturated carbocycles. The van der Waals surface area contributed by atoms with E-state index >= 15 is 0 Å². The van der Waals surface area contributed by atoms with Crippen LogP contribution in [0.15, 0.2) is 54.6 Å². The van der Waals surface area contributed by atoms with Crippen molar-refractivity contribution in [1.29, 1.82) is 0 Å². The predicted octanol–water partition coefficient (Wildman–Crippen LogP) is 4.25. The number of aliphatic hydroxyl groups excluding tert-OH is 1. The van der Waals surface area contributed by atoms with E-state index in [1.165, 1.54) is 11.1 Å². The first kappa shape index (κ1) is 18.9. The summed E-state index contributed by atoms with van der Waals surface area (Å²) in [6.07, 6.45) is 2.33. The highest BCUT2D eigenvalue weighted by molar-refractivity contribution is 5.86. The lowest BCUT2D eigenvalue weighted by atomic mass is 9.95. The van der Waals surface area contributed by atoms with E-state index in [0.29, 0.717) is 18.6 Å². The molecule has 0 heterocycles. The molecule has 2 aromatic rings. The number of carbonyl (C=O) groups is 1. The van der Waals surface area contributed by atoms with Gasteiger partial charge in [-0.05, 0) is 48.9 Å². The van der Waals surface area contributed by atoms with Gasteiger partial charge in [0.25, 0.3) is 0 Å². The van der Waals surface area contributed by atoms with Crippen molar-refractivity contribution >= 4 is 5.97 Å². The predicted molar refractivity (Wildman–Crippen MR) is 101 cm³/mol. The molecule has 0 aromatic heterocycles. The molecule has 25 heavy (non-hydrogen) atoms. The van der Waals surface area contributed by atoms with Gasteiger partial charge in [-0.3, -0.25) is 0 Å². The van der Waals surface area contributed by atoms with Crippen molar-refractivity contribution in [2.45, 2.75) is 33.1 Å². The van der Waals surface area contributed by atoms with E-state index in [4.69, 9.17) is 9.84 Å². The summed E-state index contributed by atoms with van der Waals surface area (Å²) in [5.41, 5.74) is 6.30. The Morgan fingerprint density at radius 1 is 1.12 bits per heavy atom. The summed E-state index contributed by atoms with van der Waals surface area (Å²) in [4.78, 5) is 11.5. The molecule has 0 spiro atoms. The van der Waals surface area contributed by atoms with Crippen LogP contribution in [0.5, 0.6) is 0 Å². The van der Waals surface area contributed by atoms with Gasteiger partial charge in [-0.1, -0.05) is 54.6 Å². The molecule has 132 valence electrons. The fourth-order valence-electron chi connectivity index (χ4n) is 2.72. The van der Waals surface area contributed by atoms with Gasteiger partial charge in [0.15, 0.2) is 0 Å². The summed E-state index contributed by atoms with van der Waals surface area (Å²) < 4.78 is 5.24. The lowest BCUT2D eigenvalue weighted by Gasteiger charge is -2.12. The fourth-order valence-corrected chi connectivity index (χ4v) is 2.72. The van der Waals surface area contributed by atoms with Crippen LogP contribution < -0.4 is 0 Å². The molecule has 0 fully saturated rings. The Morgan fingerprint density at radius 3 is 2.48 bits per heavy atom. The highest BCUT2D eigenvalue weighted by Crippen LogP contribution is 2.26. The van der Waals surface area contributed by atoms with Crippen molar-refractivity contribution in [1.82, 2.24) is 0 Å². The molecular weight excluding hydrogens is 312 g/mol. The molecule has 0 aliphatic heterocycles. The van der Waals surface area contributed by atoms with Crippen LogP contribution in [0.4, 0.5) is 0 Å². The van der Waals surface area contributed by atoms with E-state index in [9.17, 15) is 4.79 Å². The highest BCUT2D eigenvalue weighted by Gasteiger charge is 2.08. The minimum Gasteiger partial charge on any atom is -0.462 e. The van der Waals surface area contributed by atoms with Crippen LogP contribution in [0.2, 0.25) is 0 Å². The number of benzene rings is 2. The van der Waals surface area contributed by atoms with Gasteiger partial charge < -0.3 is 9.84 Å². The van der Waals surface area contributed by atoms with Crippen molar-refractivity contribution in [2.24, 2.45) is 0 Å². The minimum absolute atomic E-state index is 0.215. The second-order valence-corrected chi connectivity index (χ2v) is 6.35. The Hall–Kier alpha value is -2.39. The average Bonchev–Trinajstić information content (AvgIpc) is 2.60. The topological polar surface area (TPSA) is 46.5 Å². The molecule has 0 atom stereocenters. The van der Waals surface area contributed by atoms with Gasteiger partial charge in [0.1, 0.15) is 0 Å². The Bertz CT molecular complexity index is 729. The summed E-state index contributed by atoms with van der Waals surface area (Å²) in [5.74, 6) is -0.345. The first-order chi connectivity index (χ1) is 12.0. The Balaban J connectivity index is 2.14. The average molecular weight is 338 g/mol. The minimum atomic E-state index is -0.345. The standard InChI is InChI=1S/C22H26O3/c1-16(2)22(24)25-14-12-20-15-17(3)6-11-21(20)19-9-7-18(8-10-19)5-4-13-23/h6-11,15,23H,1,4-5,12-14H2,2-3H3. The maximum Gasteiger partial charge on any atom is 0.333 e. The Kier molecular flexibility index (Phi) is 6.96. The van der Waals surface area contributed by atoms with Gasteiger partial charge in [0, 0.05) is 18.6 Å². The molecule has 0 aliphatic rings. The summed E-state index contributed by atoms with van der Waals surface area (Å²) in [6, 6.07) is 14.8. The number of carbonyl (C=O) groups excluding carboxylic acids is 1. The van der Waals surface area contributed by atoms with Gasteiger partial charge in [-0.15, -0.1) is 0 Å². The van der Waals surface area contributed by atoms with Gasteiger partial charge in [0.05, 0.1) is 6.61 Å². The van der Waals surface area contributed by atoms with Crippen LogP contribution >= 0.6 is 0 Å². The summed E-state index contributed by atoms with van der Waals surface area (Å²) >= 11 is 0. The first-order valence-electron chi connectivity index (χ1n) is 8.63. The molecule has 3 heteroatoms. The lowest BCUT2D eigenvalue weighted by Crippen LogP contribution is -2.08. The number of esters is 1. The summed E-state index contributed by atoms with van der Waals surface area (Å²) in [7, 11) is 0. The Labute approximate surface area is 150 Å². The third-order valence-corrected chi connectivity index (χ3v) is 4.10. The van der Waals surface area contributed by atoms with E-state index in [1.807, 2.05) is 0 Å². The first-order valence-corrected chi connectivity index (χ1v) is 8.63. The third-order valence-electron chi connectivity index (χ3n) is 4.10. The number of aliphatic hydroxyl groups is 1. The van der Waals surface area contributed by atoms with Gasteiger partial charge >= 0.3 is 5.97 Å². The summed E-state index contributed by atoms with van der Waals surface area (Å²) in [6.45, 7) is 7.87. The van der Waals surface area contributed by atoms with Crippen molar-refractivity contribution in [3.8, 4) is 11.1 Å². The number of rotatable bonds is 8. The molecule has 2 rings (SSSR count). The lowest BCUT2D eigenvalue weighted by molar-refractivity contribution is -0.138. The van der Waals surface area contributed by atoms with E-state index in [1.54, 1.807) is 6.92 Å². The fraction of sp³-hybridized carbons (Fsp3) is 0.318. The molecule has 0 radical (unpaired) electrons. The van der Waals surface area contributed by atoms with Crippen molar-refractivity contribution < 1.29 is 14.6 Å². The zero-order chi connectivity index (χ0) is 18.2. The van der Waals surface area contributed by atoms with Crippen LogP contribution in [-0.2, 0) is 22.4 Å². The largest absolute Gasteiger partial charge is 0.462 e. The van der Waals surface area contributed by atoms with Gasteiger partial charge in [-0.25, -0.2) is 4.79 Å². The molecule has 0 saturated heterocycles. The maximum absolute atomic E-state index is 11.5. The number of hydrogen-bond donors (Lipinski definition) is 1. The molecule has 0 unspecified atom stereocenters. The molecule has 2 aromatic carbocycles. The van der Waals surface area contributed by atoms with Gasteiger partial charge in [-0.2, -0.15) is 0 Å². The second kappa shape index (κ2) is 9.19. The number of ether oxygens (including phenoxy) is 1. The van der Waals surface area contributed by atoms with E-state index in [-0.39, 0.29) is 12.6 Å². The SMILES string of the molecule is C=C(C)C(=O)OCCc1cc(C)ccc1-c1ccc(CCCO)cc1. The van der Waals surface area contributed by atoms with E-state index in [2.05, 4.69) is 56.0 Å². The maximum atomic E-state index is 11.5. The normalized spacial score (nSPS) is 10.5. The molecule has 3 nitrogen and oxygen atoms in total. The zero-order valence-electron chi connectivity index (χ0n) is 15.0. The number of aryl methyl sites for hydroxylation is 2. The van der Waals surface area contributed by atoms with Crippen LogP contribution in [0.3, 0.4) is 0 Å². The number of hydrogen-bond acceptors (Lipinski definition) is 3. The smallest absolute Gasteiger partial charge is 0.333 e. The third kappa shape index (κ3) is 5.57. The van der Waals surface area contributed by atoms with Crippen LogP contribution in [0.25, 0.3) is 11.1 Å². The van der Waals surface area contributed by atoms with Crippen LogP contribution in [0.1, 0.15) is 30.0 Å². The van der Waals surface area contributed by atoms with Gasteiger partial charge in [0.2, 0.25) is 0 Å². The van der Waals surface area contributed by atoms with E-state index < -0.39 is 0 Å². The molecule has 0 aliphatic carbocycles. The molecular formula is C22H26O3. The van der Waals surface area contributed by atoms with Crippen molar-refractivity contribution in [3.05, 3.63) is 71.3 Å². The quantitative estimate of drug-likeness (QED) is 0.578. The van der Waals surface area contributed by atoms with Crippen molar-refractivity contribution in [2.75, 3.05) is 13.2 Å². The monoisotopic (exact) mass is 338 g/mol. The van der Waals surface area contributed by atoms with Crippen molar-refractivity contribution in [3.63, 3.8) is 0 Å². The molecule has 1 N–H and O–H groups in total. The highest BCUT2D eigenvalue weighted by atomic mass is 16.5. The second-order valence-electron chi connectivity index (χ2n) is 6.35. The summed E-state index contributed by atoms with van der Waals surface area (Å²) in [5, 5.41) is 8.94. The Morgan fingerprint density at radius 2 is 1.84 bits per heavy atom. The molecule has 0 amide bonds. The molecule has 0 bridgehead atoms. The van der Waals surface area contributed by atoms with Crippen LogP contribution in [-0.4, -0.2) is 24.3 Å².